The van der Waals surface area contributed by atoms with Crippen LogP contribution in [0, 0.1) is 0 Å². The van der Waals surface area contributed by atoms with E-state index in [-0.39, 0.29) is 6.79 Å². The Balaban J connectivity index is 1.34. The molecule has 0 bridgehead atoms. The highest BCUT2D eigenvalue weighted by molar-refractivity contribution is 5.77. The van der Waals surface area contributed by atoms with Crippen LogP contribution in [-0.2, 0) is 19.5 Å². The van der Waals surface area contributed by atoms with Crippen LogP contribution in [0.1, 0.15) is 24.2 Å². The molecule has 0 amide bonds. The standard InChI is InChI=1S/C25H26N4O4/c1-30-20-8-6-16(11-22(20)31-2)19-14-29-25-18(19)5-3-4-10-28(25)24(27-29)13-26-17-7-9-21-23(12-17)33-15-32-21/h6-9,11-12,14,26H,3-5,10,13,15H2,1-2H3. The van der Waals surface area contributed by atoms with Crippen LogP contribution in [0.5, 0.6) is 23.0 Å². The molecule has 0 radical (unpaired) electrons. The number of anilines is 1. The van der Waals surface area contributed by atoms with Gasteiger partial charge in [-0.25, -0.2) is 4.52 Å². The van der Waals surface area contributed by atoms with Crippen molar-refractivity contribution >= 4 is 11.3 Å². The molecule has 1 N–H and O–H groups in total. The summed E-state index contributed by atoms with van der Waals surface area (Å²) in [5.74, 6) is 4.04. The Labute approximate surface area is 191 Å². The molecule has 0 fully saturated rings. The minimum Gasteiger partial charge on any atom is -0.493 e. The molecule has 0 saturated heterocycles. The van der Waals surface area contributed by atoms with Gasteiger partial charge >= 0.3 is 0 Å². The second kappa shape index (κ2) is 7.95. The molecule has 0 atom stereocenters. The zero-order chi connectivity index (χ0) is 22.4. The average Bonchev–Trinajstić information content (AvgIpc) is 3.49. The van der Waals surface area contributed by atoms with Crippen molar-refractivity contribution in [1.29, 1.82) is 0 Å². The maximum atomic E-state index is 5.53. The van der Waals surface area contributed by atoms with Gasteiger partial charge in [-0.2, -0.15) is 5.10 Å². The third kappa shape index (κ3) is 3.33. The van der Waals surface area contributed by atoms with Gasteiger partial charge in [0.25, 0.3) is 0 Å². The van der Waals surface area contributed by atoms with Gasteiger partial charge in [0.05, 0.1) is 20.8 Å². The summed E-state index contributed by atoms with van der Waals surface area (Å²) in [6.07, 6.45) is 5.44. The molecule has 33 heavy (non-hydrogen) atoms. The van der Waals surface area contributed by atoms with Crippen molar-refractivity contribution < 1.29 is 18.9 Å². The molecule has 2 aliphatic rings. The quantitative estimate of drug-likeness (QED) is 0.470. The molecule has 2 aliphatic heterocycles. The lowest BCUT2D eigenvalue weighted by molar-refractivity contribution is 0.174. The number of nitrogens with one attached hydrogen (secondary N) is 1. The summed E-state index contributed by atoms with van der Waals surface area (Å²) < 4.78 is 26.2. The van der Waals surface area contributed by atoms with Gasteiger partial charge in [-0.1, -0.05) is 6.07 Å². The molecule has 170 valence electrons. The third-order valence-corrected chi connectivity index (χ3v) is 6.43. The fourth-order valence-electron chi connectivity index (χ4n) is 4.81. The summed E-state index contributed by atoms with van der Waals surface area (Å²) in [6.45, 7) is 1.87. The molecule has 2 aromatic heterocycles. The largest absolute Gasteiger partial charge is 0.493 e. The van der Waals surface area contributed by atoms with Crippen molar-refractivity contribution in [1.82, 2.24) is 14.2 Å². The molecule has 6 rings (SSSR count). The summed E-state index contributed by atoms with van der Waals surface area (Å²) in [5.41, 5.74) is 5.81. The van der Waals surface area contributed by atoms with E-state index in [1.807, 2.05) is 34.8 Å². The summed E-state index contributed by atoms with van der Waals surface area (Å²) in [7, 11) is 3.33. The summed E-state index contributed by atoms with van der Waals surface area (Å²) in [5, 5.41) is 8.43. The van der Waals surface area contributed by atoms with Crippen molar-refractivity contribution in [3.05, 3.63) is 54.0 Å². The molecule has 0 aliphatic carbocycles. The number of nitrogens with zero attached hydrogens (tertiary/aromatic N) is 3. The van der Waals surface area contributed by atoms with Gasteiger partial charge in [-0.05, 0) is 49.1 Å². The second-order valence-electron chi connectivity index (χ2n) is 8.31. The van der Waals surface area contributed by atoms with Crippen LogP contribution in [0.15, 0.2) is 42.6 Å². The number of methoxy groups -OCH3 is 2. The van der Waals surface area contributed by atoms with Gasteiger partial charge in [0.2, 0.25) is 6.79 Å². The first-order valence-electron chi connectivity index (χ1n) is 11.2. The van der Waals surface area contributed by atoms with Crippen molar-refractivity contribution in [3.63, 3.8) is 0 Å². The van der Waals surface area contributed by atoms with Gasteiger partial charge in [0, 0.05) is 35.6 Å². The Kier molecular flexibility index (Phi) is 4.78. The number of rotatable bonds is 6. The maximum Gasteiger partial charge on any atom is 0.231 e. The number of fused-ring (bicyclic) bond motifs is 1. The van der Waals surface area contributed by atoms with Crippen LogP contribution in [0.3, 0.4) is 0 Å². The first-order chi connectivity index (χ1) is 16.2. The first kappa shape index (κ1) is 19.8. The summed E-state index contributed by atoms with van der Waals surface area (Å²) >= 11 is 0. The van der Waals surface area contributed by atoms with Crippen LogP contribution in [0.25, 0.3) is 16.8 Å². The lowest BCUT2D eigenvalue weighted by Gasteiger charge is -2.10. The second-order valence-corrected chi connectivity index (χ2v) is 8.31. The lowest BCUT2D eigenvalue weighted by Crippen LogP contribution is -2.09. The van der Waals surface area contributed by atoms with Gasteiger partial charge in [0.1, 0.15) is 5.65 Å². The van der Waals surface area contributed by atoms with E-state index in [9.17, 15) is 0 Å². The normalized spacial score (nSPS) is 14.4. The number of hydrogen-bond donors (Lipinski definition) is 1. The monoisotopic (exact) mass is 446 g/mol. The van der Waals surface area contributed by atoms with Crippen LogP contribution < -0.4 is 24.3 Å². The van der Waals surface area contributed by atoms with Gasteiger partial charge < -0.3 is 28.8 Å². The van der Waals surface area contributed by atoms with E-state index in [4.69, 9.17) is 24.0 Å². The zero-order valence-corrected chi connectivity index (χ0v) is 18.8. The molecule has 8 nitrogen and oxygen atoms in total. The van der Waals surface area contributed by atoms with Crippen LogP contribution >= 0.6 is 0 Å². The van der Waals surface area contributed by atoms with E-state index in [2.05, 4.69) is 22.1 Å². The molecular weight excluding hydrogens is 420 g/mol. The molecule has 4 heterocycles. The predicted octanol–water partition coefficient (Wildman–Crippen LogP) is 4.50. The Morgan fingerprint density at radius 2 is 1.88 bits per heavy atom. The van der Waals surface area contributed by atoms with E-state index in [0.29, 0.717) is 6.54 Å². The molecule has 0 spiro atoms. The lowest BCUT2D eigenvalue weighted by atomic mass is 10.0. The van der Waals surface area contributed by atoms with E-state index in [1.54, 1.807) is 14.2 Å². The van der Waals surface area contributed by atoms with Crippen molar-refractivity contribution in [2.45, 2.75) is 32.4 Å². The molecule has 0 saturated carbocycles. The summed E-state index contributed by atoms with van der Waals surface area (Å²) in [6, 6.07) is 12.0. The number of aryl methyl sites for hydroxylation is 2. The highest BCUT2D eigenvalue weighted by atomic mass is 16.7. The Hall–Kier alpha value is -3.81. The smallest absolute Gasteiger partial charge is 0.231 e. The minimum absolute atomic E-state index is 0.278. The first-order valence-corrected chi connectivity index (χ1v) is 11.2. The Morgan fingerprint density at radius 3 is 2.76 bits per heavy atom. The molecule has 2 aromatic carbocycles. The number of benzene rings is 2. The van der Waals surface area contributed by atoms with E-state index in [0.717, 1.165) is 65.9 Å². The zero-order valence-electron chi connectivity index (χ0n) is 18.8. The van der Waals surface area contributed by atoms with Crippen molar-refractivity contribution in [2.24, 2.45) is 0 Å². The Morgan fingerprint density at radius 1 is 1.00 bits per heavy atom. The number of aromatic nitrogens is 3. The summed E-state index contributed by atoms with van der Waals surface area (Å²) in [4.78, 5) is 0. The minimum atomic E-state index is 0.278. The fraction of sp³-hybridized carbons (Fsp3) is 0.320. The molecule has 4 aromatic rings. The highest BCUT2D eigenvalue weighted by Gasteiger charge is 2.23. The van der Waals surface area contributed by atoms with E-state index in [1.165, 1.54) is 16.8 Å². The third-order valence-electron chi connectivity index (χ3n) is 6.43. The van der Waals surface area contributed by atoms with E-state index < -0.39 is 0 Å². The van der Waals surface area contributed by atoms with Crippen molar-refractivity contribution in [2.75, 3.05) is 26.3 Å². The Bertz CT molecular complexity index is 1340. The maximum absolute atomic E-state index is 5.53. The number of ether oxygens (including phenoxy) is 4. The van der Waals surface area contributed by atoms with Crippen LogP contribution in [0.2, 0.25) is 0 Å². The number of hydrogen-bond acceptors (Lipinski definition) is 6. The average molecular weight is 447 g/mol. The van der Waals surface area contributed by atoms with Gasteiger partial charge in [-0.3, -0.25) is 0 Å². The topological polar surface area (TPSA) is 71.2 Å². The van der Waals surface area contributed by atoms with Gasteiger partial charge in [-0.15, -0.1) is 0 Å². The highest BCUT2D eigenvalue weighted by Crippen LogP contribution is 2.38. The molecular formula is C25H26N4O4. The van der Waals surface area contributed by atoms with E-state index >= 15 is 0 Å². The van der Waals surface area contributed by atoms with Crippen LogP contribution in [0.4, 0.5) is 5.69 Å². The predicted molar refractivity (Wildman–Crippen MR) is 125 cm³/mol. The van der Waals surface area contributed by atoms with Gasteiger partial charge in [0.15, 0.2) is 28.8 Å². The fourth-order valence-corrected chi connectivity index (χ4v) is 4.81. The molecule has 0 unspecified atom stereocenters. The van der Waals surface area contributed by atoms with Crippen LogP contribution in [-0.4, -0.2) is 35.2 Å². The SMILES string of the molecule is COc1ccc(-c2cn3nc(CNc4ccc5c(c4)OCO5)n4c3c2CCCC4)cc1OC. The van der Waals surface area contributed by atoms with Crippen molar-refractivity contribution in [3.8, 4) is 34.1 Å². The molecule has 8 heteroatoms.